The van der Waals surface area contributed by atoms with Gasteiger partial charge in [0.1, 0.15) is 0 Å². The Kier molecular flexibility index (Phi) is 10.4. The number of nitrogens with zero attached hydrogens (tertiary/aromatic N) is 2. The fourth-order valence-electron chi connectivity index (χ4n) is 2.96. The zero-order chi connectivity index (χ0) is 18.9. The Balaban J connectivity index is 0.00000364. The van der Waals surface area contributed by atoms with Crippen LogP contribution in [-0.2, 0) is 46.1 Å². The predicted molar refractivity (Wildman–Crippen MR) is 116 cm³/mol. The summed E-state index contributed by atoms with van der Waals surface area (Å²) in [7, 11) is 0. The molecule has 0 saturated heterocycles. The average molecular weight is 455 g/mol. The van der Waals surface area contributed by atoms with Gasteiger partial charge in [-0.3, -0.25) is 9.98 Å². The topological polar surface area (TPSA) is 24.7 Å². The number of aliphatic imine (C=N–C) groups is 2. The van der Waals surface area contributed by atoms with Gasteiger partial charge in [-0.15, -0.1) is 0 Å². The smallest absolute Gasteiger partial charge is 0.0639 e. The maximum absolute atomic E-state index is 4.86. The van der Waals surface area contributed by atoms with Gasteiger partial charge in [-0.1, -0.05) is 46.8 Å². The Morgan fingerprint density at radius 1 is 0.667 bits per heavy atom. The standard InChI is InChI=1S/C24H32N2.Pd/c1-6-18-11-19(7-2)14-23(13-18)25-17-22(10-5)26-24-15-20(8-3)12-21(9-4)16-24;/h11-17H,6-10H2,1-5H3;. The molecule has 148 valence electrons. The molecule has 0 N–H and O–H groups in total. The van der Waals surface area contributed by atoms with E-state index in [9.17, 15) is 0 Å². The van der Waals surface area contributed by atoms with Crippen LogP contribution in [0.5, 0.6) is 0 Å². The molecular weight excluding hydrogens is 423 g/mol. The number of hydrogen-bond donors (Lipinski definition) is 0. The van der Waals surface area contributed by atoms with Crippen LogP contribution < -0.4 is 0 Å². The summed E-state index contributed by atoms with van der Waals surface area (Å²) in [6, 6.07) is 13.3. The van der Waals surface area contributed by atoms with Crippen LogP contribution in [0.25, 0.3) is 0 Å². The quantitative estimate of drug-likeness (QED) is 0.309. The normalized spacial score (nSPS) is 11.7. The summed E-state index contributed by atoms with van der Waals surface area (Å²) < 4.78 is 0. The zero-order valence-corrected chi connectivity index (χ0v) is 18.8. The first-order chi connectivity index (χ1) is 12.6. The van der Waals surface area contributed by atoms with E-state index >= 15 is 0 Å². The van der Waals surface area contributed by atoms with E-state index in [0.29, 0.717) is 0 Å². The molecule has 0 heterocycles. The monoisotopic (exact) mass is 454 g/mol. The van der Waals surface area contributed by atoms with Crippen LogP contribution in [-0.4, -0.2) is 11.9 Å². The number of aryl methyl sites for hydroxylation is 4. The van der Waals surface area contributed by atoms with Gasteiger partial charge in [0.25, 0.3) is 0 Å². The molecule has 0 spiro atoms. The number of benzene rings is 2. The summed E-state index contributed by atoms with van der Waals surface area (Å²) in [4.78, 5) is 9.58. The maximum Gasteiger partial charge on any atom is 0.0639 e. The van der Waals surface area contributed by atoms with Gasteiger partial charge in [-0.2, -0.15) is 0 Å². The molecule has 2 rings (SSSR count). The minimum Gasteiger partial charge on any atom is -0.255 e. The second-order valence-corrected chi connectivity index (χ2v) is 6.64. The van der Waals surface area contributed by atoms with Crippen LogP contribution in [0, 0.1) is 0 Å². The number of hydrogen-bond acceptors (Lipinski definition) is 2. The Hall–Kier alpha value is -1.56. The third-order valence-corrected chi connectivity index (χ3v) is 4.71. The zero-order valence-electron chi connectivity index (χ0n) is 17.3. The van der Waals surface area contributed by atoms with Crippen molar-refractivity contribution in [1.82, 2.24) is 0 Å². The SMILES string of the molecule is CCC(C=Nc1cc(CC)cc(CC)c1)=Nc1cc(CC)cc(CC)c1.[Pd]. The average Bonchev–Trinajstić information content (AvgIpc) is 2.70. The molecule has 0 radical (unpaired) electrons. The van der Waals surface area contributed by atoms with Crippen molar-refractivity contribution in [1.29, 1.82) is 0 Å². The molecule has 2 aromatic rings. The van der Waals surface area contributed by atoms with Crippen molar-refractivity contribution in [3.8, 4) is 0 Å². The van der Waals surface area contributed by atoms with Gasteiger partial charge in [-0.25, -0.2) is 0 Å². The van der Waals surface area contributed by atoms with E-state index < -0.39 is 0 Å². The second-order valence-electron chi connectivity index (χ2n) is 6.64. The molecule has 0 aliphatic carbocycles. The van der Waals surface area contributed by atoms with E-state index in [1.54, 1.807) is 0 Å². The summed E-state index contributed by atoms with van der Waals surface area (Å²) in [5.74, 6) is 0. The van der Waals surface area contributed by atoms with Crippen LogP contribution in [0.3, 0.4) is 0 Å². The molecule has 2 aromatic carbocycles. The van der Waals surface area contributed by atoms with Gasteiger partial charge in [-0.05, 0) is 78.6 Å². The molecule has 2 nitrogen and oxygen atoms in total. The van der Waals surface area contributed by atoms with Crippen molar-refractivity contribution in [3.63, 3.8) is 0 Å². The van der Waals surface area contributed by atoms with Crippen molar-refractivity contribution < 1.29 is 20.4 Å². The summed E-state index contributed by atoms with van der Waals surface area (Å²) in [6.07, 6.45) is 6.95. The Morgan fingerprint density at radius 2 is 1.07 bits per heavy atom. The largest absolute Gasteiger partial charge is 0.255 e. The molecule has 0 aliphatic rings. The van der Waals surface area contributed by atoms with E-state index in [2.05, 4.69) is 71.0 Å². The maximum atomic E-state index is 4.86. The van der Waals surface area contributed by atoms with E-state index in [1.165, 1.54) is 22.3 Å². The van der Waals surface area contributed by atoms with Gasteiger partial charge in [0.15, 0.2) is 0 Å². The van der Waals surface area contributed by atoms with Gasteiger partial charge < -0.3 is 0 Å². The third-order valence-electron chi connectivity index (χ3n) is 4.71. The molecule has 0 fully saturated rings. The fraction of sp³-hybridized carbons (Fsp3) is 0.417. The van der Waals surface area contributed by atoms with Gasteiger partial charge in [0.2, 0.25) is 0 Å². The van der Waals surface area contributed by atoms with Crippen LogP contribution in [0.1, 0.15) is 63.3 Å². The van der Waals surface area contributed by atoms with E-state index in [-0.39, 0.29) is 20.4 Å². The molecule has 0 aliphatic heterocycles. The first kappa shape index (κ1) is 23.5. The molecule has 0 saturated carbocycles. The van der Waals surface area contributed by atoms with Gasteiger partial charge in [0, 0.05) is 26.6 Å². The first-order valence-corrected chi connectivity index (χ1v) is 9.99. The van der Waals surface area contributed by atoms with Crippen molar-refractivity contribution in [2.75, 3.05) is 0 Å². The van der Waals surface area contributed by atoms with Crippen LogP contribution in [0.4, 0.5) is 11.4 Å². The first-order valence-electron chi connectivity index (χ1n) is 9.99. The number of rotatable bonds is 8. The van der Waals surface area contributed by atoms with Crippen molar-refractivity contribution in [2.24, 2.45) is 9.98 Å². The van der Waals surface area contributed by atoms with E-state index in [4.69, 9.17) is 9.98 Å². The molecule has 3 heteroatoms. The third kappa shape index (κ3) is 7.17. The Bertz CT molecular complexity index is 746. The summed E-state index contributed by atoms with van der Waals surface area (Å²) >= 11 is 0. The van der Waals surface area contributed by atoms with Crippen molar-refractivity contribution in [2.45, 2.75) is 66.7 Å². The van der Waals surface area contributed by atoms with Crippen molar-refractivity contribution >= 4 is 23.3 Å². The molecule has 0 aromatic heterocycles. The van der Waals surface area contributed by atoms with Gasteiger partial charge >= 0.3 is 0 Å². The molecule has 0 atom stereocenters. The van der Waals surface area contributed by atoms with E-state index in [0.717, 1.165) is 49.2 Å². The van der Waals surface area contributed by atoms with Crippen LogP contribution in [0.2, 0.25) is 0 Å². The minimum absolute atomic E-state index is 0. The minimum atomic E-state index is 0. The van der Waals surface area contributed by atoms with E-state index in [1.807, 2.05) is 6.21 Å². The summed E-state index contributed by atoms with van der Waals surface area (Å²) in [5, 5.41) is 0. The Labute approximate surface area is 178 Å². The summed E-state index contributed by atoms with van der Waals surface area (Å²) in [6.45, 7) is 10.9. The molecule has 0 amide bonds. The fourth-order valence-corrected chi connectivity index (χ4v) is 2.96. The van der Waals surface area contributed by atoms with Crippen LogP contribution >= 0.6 is 0 Å². The van der Waals surface area contributed by atoms with Crippen LogP contribution in [0.15, 0.2) is 46.4 Å². The second kappa shape index (κ2) is 12.0. The molecule has 27 heavy (non-hydrogen) atoms. The molecule has 0 bridgehead atoms. The predicted octanol–water partition coefficient (Wildman–Crippen LogP) is 6.82. The Morgan fingerprint density at radius 3 is 1.44 bits per heavy atom. The molecule has 0 unspecified atom stereocenters. The van der Waals surface area contributed by atoms with Crippen molar-refractivity contribution in [3.05, 3.63) is 58.7 Å². The molecular formula is C24H32N2Pd. The van der Waals surface area contributed by atoms with Gasteiger partial charge in [0.05, 0.1) is 17.1 Å². The summed E-state index contributed by atoms with van der Waals surface area (Å²) in [5.41, 5.74) is 8.46.